The molecule has 0 heterocycles. The number of hydrogen-bond acceptors (Lipinski definition) is 3. The van der Waals surface area contributed by atoms with Crippen molar-refractivity contribution >= 4 is 18.6 Å². The van der Waals surface area contributed by atoms with Gasteiger partial charge in [0, 0.05) is 12.3 Å². The van der Waals surface area contributed by atoms with Crippen molar-refractivity contribution in [2.24, 2.45) is 0 Å². The number of carboxylic acid groups (broad SMARTS) is 1. The summed E-state index contributed by atoms with van der Waals surface area (Å²) in [6.45, 7) is 3.57. The van der Waals surface area contributed by atoms with Crippen LogP contribution in [-0.4, -0.2) is 41.4 Å². The van der Waals surface area contributed by atoms with E-state index in [2.05, 4.69) is 12.6 Å². The standard InChI is InChI=1S/C6H13NO2S/c1-2-7(3-4-10)5-6(8)9/h10H,2-5H2,1H3,(H,8,9). The van der Waals surface area contributed by atoms with Gasteiger partial charge in [-0.3, -0.25) is 9.69 Å². The van der Waals surface area contributed by atoms with Gasteiger partial charge >= 0.3 is 5.97 Å². The third-order valence-electron chi connectivity index (χ3n) is 1.22. The molecule has 0 saturated heterocycles. The van der Waals surface area contributed by atoms with Crippen LogP contribution in [0.3, 0.4) is 0 Å². The van der Waals surface area contributed by atoms with Crippen LogP contribution in [0.4, 0.5) is 0 Å². The van der Waals surface area contributed by atoms with Gasteiger partial charge < -0.3 is 5.11 Å². The summed E-state index contributed by atoms with van der Waals surface area (Å²) in [4.78, 5) is 12.0. The van der Waals surface area contributed by atoms with Crippen molar-refractivity contribution in [3.63, 3.8) is 0 Å². The molecule has 60 valence electrons. The second-order valence-corrected chi connectivity index (χ2v) is 2.43. The fraction of sp³-hybridized carbons (Fsp3) is 0.833. The van der Waals surface area contributed by atoms with Gasteiger partial charge in [0.15, 0.2) is 0 Å². The SMILES string of the molecule is CCN(CCS)CC(=O)O. The molecule has 1 N–H and O–H groups in total. The average Bonchev–Trinajstić information content (AvgIpc) is 1.86. The summed E-state index contributed by atoms with van der Waals surface area (Å²) >= 11 is 4.00. The molecular weight excluding hydrogens is 150 g/mol. The van der Waals surface area contributed by atoms with Crippen molar-refractivity contribution in [3.8, 4) is 0 Å². The van der Waals surface area contributed by atoms with E-state index in [1.807, 2.05) is 11.8 Å². The molecule has 0 aromatic heterocycles. The average molecular weight is 163 g/mol. The van der Waals surface area contributed by atoms with Gasteiger partial charge in [-0.05, 0) is 6.54 Å². The summed E-state index contributed by atoms with van der Waals surface area (Å²) in [6, 6.07) is 0. The van der Waals surface area contributed by atoms with Crippen molar-refractivity contribution in [3.05, 3.63) is 0 Å². The Morgan fingerprint density at radius 1 is 1.70 bits per heavy atom. The highest BCUT2D eigenvalue weighted by molar-refractivity contribution is 7.80. The van der Waals surface area contributed by atoms with E-state index in [1.165, 1.54) is 0 Å². The minimum absolute atomic E-state index is 0.122. The van der Waals surface area contributed by atoms with E-state index in [0.717, 1.165) is 13.1 Å². The van der Waals surface area contributed by atoms with E-state index in [0.29, 0.717) is 5.75 Å². The van der Waals surface area contributed by atoms with Crippen molar-refractivity contribution in [1.29, 1.82) is 0 Å². The highest BCUT2D eigenvalue weighted by Crippen LogP contribution is 1.87. The predicted octanol–water partition coefficient (Wildman–Crippen LogP) is 0.323. The normalized spacial score (nSPS) is 10.3. The van der Waals surface area contributed by atoms with Crippen LogP contribution in [0.1, 0.15) is 6.92 Å². The predicted molar refractivity (Wildman–Crippen MR) is 43.6 cm³/mol. The molecule has 4 heteroatoms. The molecule has 0 rings (SSSR count). The molecule has 0 amide bonds. The summed E-state index contributed by atoms with van der Waals surface area (Å²) in [5.41, 5.74) is 0. The molecule has 0 aromatic rings. The van der Waals surface area contributed by atoms with E-state index < -0.39 is 5.97 Å². The maximum Gasteiger partial charge on any atom is 0.317 e. The Bertz CT molecular complexity index is 108. The van der Waals surface area contributed by atoms with E-state index in [1.54, 1.807) is 0 Å². The maximum atomic E-state index is 10.2. The number of likely N-dealkylation sites (N-methyl/N-ethyl adjacent to an activating group) is 1. The highest BCUT2D eigenvalue weighted by Gasteiger charge is 2.04. The molecule has 0 radical (unpaired) electrons. The smallest absolute Gasteiger partial charge is 0.317 e. The molecule has 0 atom stereocenters. The minimum Gasteiger partial charge on any atom is -0.480 e. The lowest BCUT2D eigenvalue weighted by Crippen LogP contribution is -2.31. The summed E-state index contributed by atoms with van der Waals surface area (Å²) in [5, 5.41) is 8.38. The van der Waals surface area contributed by atoms with Crippen LogP contribution in [0.2, 0.25) is 0 Å². The molecule has 10 heavy (non-hydrogen) atoms. The summed E-state index contributed by atoms with van der Waals surface area (Å²) < 4.78 is 0. The zero-order chi connectivity index (χ0) is 7.98. The molecule has 0 aromatic carbocycles. The van der Waals surface area contributed by atoms with Gasteiger partial charge in [-0.2, -0.15) is 12.6 Å². The monoisotopic (exact) mass is 163 g/mol. The molecule has 0 aliphatic heterocycles. The van der Waals surface area contributed by atoms with Gasteiger partial charge in [-0.1, -0.05) is 6.92 Å². The van der Waals surface area contributed by atoms with Crippen molar-refractivity contribution in [2.75, 3.05) is 25.4 Å². The highest BCUT2D eigenvalue weighted by atomic mass is 32.1. The molecular formula is C6H13NO2S. The van der Waals surface area contributed by atoms with E-state index in [-0.39, 0.29) is 6.54 Å². The van der Waals surface area contributed by atoms with Crippen LogP contribution in [0, 0.1) is 0 Å². The van der Waals surface area contributed by atoms with Gasteiger partial charge in [0.1, 0.15) is 0 Å². The van der Waals surface area contributed by atoms with Crippen LogP contribution in [-0.2, 0) is 4.79 Å². The van der Waals surface area contributed by atoms with Crippen molar-refractivity contribution < 1.29 is 9.90 Å². The number of aliphatic carboxylic acids is 1. The van der Waals surface area contributed by atoms with Gasteiger partial charge in [0.05, 0.1) is 6.54 Å². The molecule has 0 spiro atoms. The summed E-state index contributed by atoms with van der Waals surface area (Å²) in [7, 11) is 0. The lowest BCUT2D eigenvalue weighted by Gasteiger charge is -2.15. The van der Waals surface area contributed by atoms with Crippen molar-refractivity contribution in [1.82, 2.24) is 4.90 Å². The Hall–Kier alpha value is -0.220. The van der Waals surface area contributed by atoms with E-state index in [4.69, 9.17) is 5.11 Å². The zero-order valence-corrected chi connectivity index (χ0v) is 6.97. The number of carboxylic acids is 1. The molecule has 0 bridgehead atoms. The Balaban J connectivity index is 3.49. The maximum absolute atomic E-state index is 10.2. The third kappa shape index (κ3) is 4.64. The second-order valence-electron chi connectivity index (χ2n) is 1.99. The lowest BCUT2D eigenvalue weighted by atomic mass is 10.5. The van der Waals surface area contributed by atoms with Gasteiger partial charge in [-0.15, -0.1) is 0 Å². The quantitative estimate of drug-likeness (QED) is 0.574. The topological polar surface area (TPSA) is 40.5 Å². The number of hydrogen-bond donors (Lipinski definition) is 2. The Morgan fingerprint density at radius 3 is 2.60 bits per heavy atom. The van der Waals surface area contributed by atoms with E-state index in [9.17, 15) is 4.79 Å². The van der Waals surface area contributed by atoms with Crippen LogP contribution in [0.5, 0.6) is 0 Å². The van der Waals surface area contributed by atoms with Crippen LogP contribution in [0.25, 0.3) is 0 Å². The molecule has 0 aliphatic carbocycles. The zero-order valence-electron chi connectivity index (χ0n) is 6.08. The van der Waals surface area contributed by atoms with E-state index >= 15 is 0 Å². The fourth-order valence-corrected chi connectivity index (χ4v) is 0.965. The third-order valence-corrected chi connectivity index (χ3v) is 1.42. The first kappa shape index (κ1) is 9.78. The molecule has 0 fully saturated rings. The van der Waals surface area contributed by atoms with Gasteiger partial charge in [0.25, 0.3) is 0 Å². The molecule has 0 aliphatic rings. The summed E-state index contributed by atoms with van der Waals surface area (Å²) in [5.74, 6) is -0.0650. The number of rotatable bonds is 5. The number of nitrogens with zero attached hydrogens (tertiary/aromatic N) is 1. The fourth-order valence-electron chi connectivity index (χ4n) is 0.682. The molecule has 3 nitrogen and oxygen atoms in total. The van der Waals surface area contributed by atoms with Crippen molar-refractivity contribution in [2.45, 2.75) is 6.92 Å². The van der Waals surface area contributed by atoms with Crippen LogP contribution < -0.4 is 0 Å². The number of carbonyl (C=O) groups is 1. The largest absolute Gasteiger partial charge is 0.480 e. The molecule has 0 saturated carbocycles. The minimum atomic E-state index is -0.774. The number of thiol groups is 1. The van der Waals surface area contributed by atoms with Crippen LogP contribution >= 0.6 is 12.6 Å². The van der Waals surface area contributed by atoms with Gasteiger partial charge in [-0.25, -0.2) is 0 Å². The second kappa shape index (κ2) is 5.56. The van der Waals surface area contributed by atoms with Gasteiger partial charge in [0.2, 0.25) is 0 Å². The summed E-state index contributed by atoms with van der Waals surface area (Å²) in [6.07, 6.45) is 0. The first-order valence-corrected chi connectivity index (χ1v) is 3.89. The Labute approximate surface area is 66.4 Å². The Kier molecular flexibility index (Phi) is 5.43. The first-order chi connectivity index (χ1) is 4.70. The van der Waals surface area contributed by atoms with Crippen LogP contribution in [0.15, 0.2) is 0 Å². The first-order valence-electron chi connectivity index (χ1n) is 3.25. The Morgan fingerprint density at radius 2 is 2.30 bits per heavy atom. The molecule has 0 unspecified atom stereocenters. The lowest BCUT2D eigenvalue weighted by molar-refractivity contribution is -0.138.